The Morgan fingerprint density at radius 3 is 2.72 bits per heavy atom. The van der Waals surface area contributed by atoms with Crippen molar-refractivity contribution in [1.29, 1.82) is 0 Å². The number of nitrogens with two attached hydrogens (primary N) is 1. The van der Waals surface area contributed by atoms with Gasteiger partial charge in [0.25, 0.3) is 10.1 Å². The van der Waals surface area contributed by atoms with Crippen LogP contribution < -0.4 is 5.73 Å². The number of likely N-dealkylation sites (tertiary alicyclic amines) is 1. The van der Waals surface area contributed by atoms with Gasteiger partial charge in [-0.2, -0.15) is 8.42 Å². The summed E-state index contributed by atoms with van der Waals surface area (Å²) < 4.78 is 34.5. The Kier molecular flexibility index (Phi) is 8.55. The molecule has 32 heavy (non-hydrogen) atoms. The highest BCUT2D eigenvalue weighted by Gasteiger charge is 2.33. The van der Waals surface area contributed by atoms with Crippen molar-refractivity contribution in [2.75, 3.05) is 13.6 Å². The number of unbranched alkanes of at least 4 members (excludes halogenated alkanes) is 4. The fraction of sp³-hybridized carbons (Fsp3) is 0.600. The number of hydrogen-bond acceptors (Lipinski definition) is 4. The van der Waals surface area contributed by atoms with Crippen LogP contribution in [0.1, 0.15) is 69.4 Å². The van der Waals surface area contributed by atoms with Crippen LogP contribution in [-0.4, -0.2) is 53.8 Å². The number of aromatic nitrogens is 1. The molecule has 0 saturated carbocycles. The molecule has 1 aliphatic heterocycles. The molecule has 1 aromatic carbocycles. The van der Waals surface area contributed by atoms with Gasteiger partial charge in [0, 0.05) is 29.2 Å². The quantitative estimate of drug-likeness (QED) is 0.312. The van der Waals surface area contributed by atoms with Crippen LogP contribution in [0.5, 0.6) is 0 Å². The van der Waals surface area contributed by atoms with E-state index in [1.165, 1.54) is 24.8 Å². The van der Waals surface area contributed by atoms with Gasteiger partial charge in [0.05, 0.1) is 0 Å². The highest BCUT2D eigenvalue weighted by Crippen LogP contribution is 2.31. The minimum atomic E-state index is -4.37. The van der Waals surface area contributed by atoms with E-state index >= 15 is 0 Å². The third kappa shape index (κ3) is 6.01. The first-order valence-corrected chi connectivity index (χ1v) is 13.4. The van der Waals surface area contributed by atoms with Crippen molar-refractivity contribution >= 4 is 26.6 Å². The maximum Gasteiger partial charge on any atom is 0.273 e. The molecule has 3 atom stereocenters. The Hall–Kier alpha value is -1.67. The molecule has 0 radical (unpaired) electrons. The fourth-order valence-corrected chi connectivity index (χ4v) is 6.07. The van der Waals surface area contributed by atoms with Crippen molar-refractivity contribution in [3.8, 4) is 0 Å². The Bertz CT molecular complexity index is 1010. The first-order valence-electron chi connectivity index (χ1n) is 11.9. The third-order valence-electron chi connectivity index (χ3n) is 6.96. The van der Waals surface area contributed by atoms with Crippen molar-refractivity contribution in [2.24, 2.45) is 5.73 Å². The SMILES string of the molecule is C=C(c1ccc2[nH]cc(CC3CCCN3C)c2c1)C(C(N)CCCCCCC)S(=O)(=O)O. The zero-order chi connectivity index (χ0) is 23.3. The van der Waals surface area contributed by atoms with Gasteiger partial charge < -0.3 is 15.6 Å². The maximum absolute atomic E-state index is 12.3. The summed E-state index contributed by atoms with van der Waals surface area (Å²) in [4.78, 5) is 5.73. The number of likely N-dealkylation sites (N-methyl/N-ethyl adjacent to an activating group) is 1. The van der Waals surface area contributed by atoms with Crippen LogP contribution in [0.3, 0.4) is 0 Å². The molecule has 1 aliphatic rings. The van der Waals surface area contributed by atoms with Gasteiger partial charge in [-0.3, -0.25) is 4.55 Å². The maximum atomic E-state index is 12.3. The molecule has 0 spiro atoms. The van der Waals surface area contributed by atoms with E-state index in [9.17, 15) is 13.0 Å². The number of rotatable bonds is 12. The van der Waals surface area contributed by atoms with E-state index < -0.39 is 21.4 Å². The molecular weight excluding hydrogens is 422 g/mol. The monoisotopic (exact) mass is 461 g/mol. The lowest BCUT2D eigenvalue weighted by molar-refractivity contribution is 0.310. The number of H-pyrrole nitrogens is 1. The highest BCUT2D eigenvalue weighted by atomic mass is 32.2. The van der Waals surface area contributed by atoms with Gasteiger partial charge in [-0.15, -0.1) is 0 Å². The predicted molar refractivity (Wildman–Crippen MR) is 133 cm³/mol. The standard InChI is InChI=1S/C25H39N3O3S/c1-4-5-6-7-8-11-23(26)25(32(29,30)31)18(2)19-12-13-24-22(16-19)20(17-27-24)15-21-10-9-14-28(21)3/h12-13,16-17,21,23,25,27H,2,4-11,14-15,26H2,1,3H3,(H,29,30,31). The number of aromatic amines is 1. The number of benzene rings is 1. The van der Waals surface area contributed by atoms with E-state index in [-0.39, 0.29) is 0 Å². The Morgan fingerprint density at radius 1 is 1.31 bits per heavy atom. The van der Waals surface area contributed by atoms with E-state index in [1.54, 1.807) is 0 Å². The van der Waals surface area contributed by atoms with Gasteiger partial charge >= 0.3 is 0 Å². The average molecular weight is 462 g/mol. The Morgan fingerprint density at radius 2 is 2.06 bits per heavy atom. The first-order chi connectivity index (χ1) is 15.2. The molecule has 7 heteroatoms. The molecule has 1 saturated heterocycles. The molecule has 0 bridgehead atoms. The van der Waals surface area contributed by atoms with Crippen LogP contribution in [-0.2, 0) is 16.5 Å². The lowest BCUT2D eigenvalue weighted by Gasteiger charge is -2.24. The zero-order valence-corrected chi connectivity index (χ0v) is 20.3. The van der Waals surface area contributed by atoms with Crippen LogP contribution in [0.2, 0.25) is 0 Å². The summed E-state index contributed by atoms with van der Waals surface area (Å²) in [7, 11) is -2.21. The summed E-state index contributed by atoms with van der Waals surface area (Å²) in [5.41, 5.74) is 9.60. The largest absolute Gasteiger partial charge is 0.361 e. The molecule has 3 rings (SSSR count). The predicted octanol–water partition coefficient (Wildman–Crippen LogP) is 4.76. The smallest absolute Gasteiger partial charge is 0.273 e. The number of fused-ring (bicyclic) bond motifs is 1. The van der Waals surface area contributed by atoms with Crippen molar-refractivity contribution in [3.63, 3.8) is 0 Å². The van der Waals surface area contributed by atoms with Crippen molar-refractivity contribution in [1.82, 2.24) is 9.88 Å². The van der Waals surface area contributed by atoms with E-state index in [1.807, 2.05) is 24.4 Å². The average Bonchev–Trinajstić information content (AvgIpc) is 3.33. The van der Waals surface area contributed by atoms with Gasteiger partial charge in [0.15, 0.2) is 0 Å². The molecule has 178 valence electrons. The van der Waals surface area contributed by atoms with Crippen molar-refractivity contribution in [2.45, 2.75) is 82.0 Å². The van der Waals surface area contributed by atoms with Gasteiger partial charge in [0.1, 0.15) is 5.25 Å². The van der Waals surface area contributed by atoms with Gasteiger partial charge in [0.2, 0.25) is 0 Å². The fourth-order valence-electron chi connectivity index (χ4n) is 5.00. The molecule has 2 aromatic rings. The normalized spacial score (nSPS) is 19.4. The van der Waals surface area contributed by atoms with Crippen LogP contribution in [0, 0.1) is 0 Å². The summed E-state index contributed by atoms with van der Waals surface area (Å²) in [5.74, 6) is 0. The number of nitrogens with zero attached hydrogens (tertiary/aromatic N) is 1. The van der Waals surface area contributed by atoms with Crippen LogP contribution >= 0.6 is 0 Å². The summed E-state index contributed by atoms with van der Waals surface area (Å²) in [6.07, 6.45) is 11.2. The third-order valence-corrected chi connectivity index (χ3v) is 8.24. The molecule has 0 amide bonds. The first kappa shape index (κ1) is 25.0. The molecule has 4 N–H and O–H groups in total. The second kappa shape index (κ2) is 11.0. The lowest BCUT2D eigenvalue weighted by atomic mass is 9.94. The lowest BCUT2D eigenvalue weighted by Crippen LogP contribution is -2.41. The van der Waals surface area contributed by atoms with Gasteiger partial charge in [-0.25, -0.2) is 0 Å². The minimum absolute atomic E-state index is 0.362. The summed E-state index contributed by atoms with van der Waals surface area (Å²) in [6.45, 7) is 7.35. The summed E-state index contributed by atoms with van der Waals surface area (Å²) in [5, 5.41) is -0.124. The molecule has 1 aromatic heterocycles. The van der Waals surface area contributed by atoms with Crippen molar-refractivity contribution < 1.29 is 13.0 Å². The van der Waals surface area contributed by atoms with E-state index in [0.29, 0.717) is 23.6 Å². The summed E-state index contributed by atoms with van der Waals surface area (Å²) >= 11 is 0. The number of hydrogen-bond donors (Lipinski definition) is 3. The molecule has 0 aliphatic carbocycles. The van der Waals surface area contributed by atoms with Crippen molar-refractivity contribution in [3.05, 3.63) is 42.1 Å². The zero-order valence-electron chi connectivity index (χ0n) is 19.5. The summed E-state index contributed by atoms with van der Waals surface area (Å²) in [6, 6.07) is 5.64. The second-order valence-electron chi connectivity index (χ2n) is 9.38. The Labute approximate surface area is 193 Å². The molecular formula is C25H39N3O3S. The second-order valence-corrected chi connectivity index (χ2v) is 10.9. The van der Waals surface area contributed by atoms with Crippen LogP contribution in [0.25, 0.3) is 16.5 Å². The van der Waals surface area contributed by atoms with E-state index in [4.69, 9.17) is 5.73 Å². The molecule has 1 fully saturated rings. The topological polar surface area (TPSA) is 99.4 Å². The molecule has 2 heterocycles. The molecule has 6 nitrogen and oxygen atoms in total. The highest BCUT2D eigenvalue weighted by molar-refractivity contribution is 7.87. The number of nitrogens with one attached hydrogen (secondary N) is 1. The van der Waals surface area contributed by atoms with E-state index in [2.05, 4.69) is 30.4 Å². The van der Waals surface area contributed by atoms with Crippen LogP contribution in [0.4, 0.5) is 0 Å². The van der Waals surface area contributed by atoms with Gasteiger partial charge in [-0.1, -0.05) is 51.7 Å². The van der Waals surface area contributed by atoms with Crippen LogP contribution in [0.15, 0.2) is 31.0 Å². The van der Waals surface area contributed by atoms with Gasteiger partial charge in [-0.05, 0) is 68.1 Å². The molecule has 3 unspecified atom stereocenters. The minimum Gasteiger partial charge on any atom is -0.361 e. The van der Waals surface area contributed by atoms with E-state index in [0.717, 1.165) is 49.6 Å². The Balaban J connectivity index is 1.79.